The van der Waals surface area contributed by atoms with Gasteiger partial charge < -0.3 is 48.2 Å². The molecule has 0 aliphatic heterocycles. The highest BCUT2D eigenvalue weighted by Gasteiger charge is 2.04. The summed E-state index contributed by atoms with van der Waals surface area (Å²) in [7, 11) is 0. The molecule has 0 aliphatic rings. The second-order valence-corrected chi connectivity index (χ2v) is 5.91. The van der Waals surface area contributed by atoms with E-state index in [1.165, 1.54) is 11.4 Å². The first-order valence-electron chi connectivity index (χ1n) is 8.91. The lowest BCUT2D eigenvalue weighted by atomic mass is 10.3. The van der Waals surface area contributed by atoms with Crippen molar-refractivity contribution < 1.29 is 57.3 Å². The molecule has 0 radical (unpaired) electrons. The summed E-state index contributed by atoms with van der Waals surface area (Å²) in [6.07, 6.45) is 4.14. The van der Waals surface area contributed by atoms with Crippen LogP contribution < -0.4 is 43.1 Å². The zero-order chi connectivity index (χ0) is 17.7. The smallest absolute Gasteiger partial charge is 0.178 e. The van der Waals surface area contributed by atoms with Gasteiger partial charge in [0.2, 0.25) is 0 Å². The Kier molecular flexibility index (Phi) is 15.6. The first-order chi connectivity index (χ1) is 12.3. The van der Waals surface area contributed by atoms with Crippen molar-refractivity contribution >= 4 is 0 Å². The third kappa shape index (κ3) is 10.9. The summed E-state index contributed by atoms with van der Waals surface area (Å²) in [6, 6.07) is 12.4. The van der Waals surface area contributed by atoms with Crippen LogP contribution in [0.3, 0.4) is 0 Å². The van der Waals surface area contributed by atoms with E-state index < -0.39 is 0 Å². The van der Waals surface area contributed by atoms with Gasteiger partial charge in [-0.1, -0.05) is 12.1 Å². The van der Waals surface area contributed by atoms with Crippen molar-refractivity contribution in [2.75, 3.05) is 39.6 Å². The van der Waals surface area contributed by atoms with Crippen LogP contribution in [0.25, 0.3) is 0 Å². The lowest BCUT2D eigenvalue weighted by Crippen LogP contribution is -3.00. The molecule has 0 fully saturated rings. The molecule has 5 nitrogen and oxygen atoms in total. The minimum absolute atomic E-state index is 0. The summed E-state index contributed by atoms with van der Waals surface area (Å²) in [4.78, 5) is 0. The van der Waals surface area contributed by atoms with Gasteiger partial charge in [0.15, 0.2) is 36.9 Å². The highest BCUT2D eigenvalue weighted by Crippen LogP contribution is 1.89. The van der Waals surface area contributed by atoms with Gasteiger partial charge in [-0.05, 0) is 0 Å². The van der Waals surface area contributed by atoms with Crippen LogP contribution in [0.2, 0.25) is 0 Å². The molecule has 2 rings (SSSR count). The minimum atomic E-state index is 0. The van der Waals surface area contributed by atoms with Gasteiger partial charge in [0, 0.05) is 38.1 Å². The Labute approximate surface area is 183 Å². The van der Waals surface area contributed by atoms with Gasteiger partial charge in [-0.2, -0.15) is 0 Å². The van der Waals surface area contributed by atoms with Crippen molar-refractivity contribution in [3.63, 3.8) is 0 Å². The molecule has 0 bridgehead atoms. The summed E-state index contributed by atoms with van der Waals surface area (Å²) in [5.74, 6) is 0. The van der Waals surface area contributed by atoms with Crippen molar-refractivity contribution in [1.29, 1.82) is 0 Å². The van der Waals surface area contributed by atoms with E-state index in [9.17, 15) is 0 Å². The van der Waals surface area contributed by atoms with Crippen molar-refractivity contribution in [3.05, 3.63) is 60.2 Å². The van der Waals surface area contributed by atoms with Gasteiger partial charge in [0.25, 0.3) is 0 Å². The third-order valence-corrected chi connectivity index (χ3v) is 4.03. The van der Waals surface area contributed by atoms with E-state index in [1.54, 1.807) is 0 Å². The molecule has 2 aromatic rings. The van der Waals surface area contributed by atoms with Crippen molar-refractivity contribution in [3.8, 4) is 0 Å². The molecule has 2 heterocycles. The summed E-state index contributed by atoms with van der Waals surface area (Å²) in [5, 5.41) is 0. The SMILES string of the molecule is Cc1cccc[n+]1CCOCCOCCOCC[n+]1ccccc1C.[Br-].[Br-]. The Hall–Kier alpha value is -0.860. The van der Waals surface area contributed by atoms with E-state index in [4.69, 9.17) is 14.2 Å². The molecule has 0 spiro atoms. The molecule has 0 atom stereocenters. The fraction of sp³-hybridized carbons (Fsp3) is 0.500. The Morgan fingerprint density at radius 2 is 0.963 bits per heavy atom. The average Bonchev–Trinajstić information content (AvgIpc) is 2.62. The first-order valence-corrected chi connectivity index (χ1v) is 8.91. The van der Waals surface area contributed by atoms with E-state index in [0.29, 0.717) is 39.6 Å². The van der Waals surface area contributed by atoms with E-state index in [-0.39, 0.29) is 34.0 Å². The zero-order valence-corrected chi connectivity index (χ0v) is 19.3. The standard InChI is InChI=1S/C20H30N2O3.2BrH/c1-19-7-3-5-9-21(19)11-13-23-15-17-25-18-16-24-14-12-22-10-6-4-8-20(22)2;;/h3-10H,11-18H2,1-2H3;2*1H/q+2;;/p-2. The minimum Gasteiger partial charge on any atom is -1.00 e. The molecule has 7 heteroatoms. The normalized spacial score (nSPS) is 10.1. The number of aryl methyl sites for hydroxylation is 2. The summed E-state index contributed by atoms with van der Waals surface area (Å²) < 4.78 is 21.1. The second-order valence-electron chi connectivity index (χ2n) is 5.91. The van der Waals surface area contributed by atoms with Gasteiger partial charge >= 0.3 is 0 Å². The van der Waals surface area contributed by atoms with Crippen molar-refractivity contribution in [2.24, 2.45) is 0 Å². The topological polar surface area (TPSA) is 35.5 Å². The summed E-state index contributed by atoms with van der Waals surface area (Å²) in [6.45, 7) is 9.77. The second kappa shape index (κ2) is 16.1. The Morgan fingerprint density at radius 1 is 0.593 bits per heavy atom. The molecule has 0 saturated heterocycles. The molecule has 2 aromatic heterocycles. The van der Waals surface area contributed by atoms with Gasteiger partial charge in [0.05, 0.1) is 26.4 Å². The van der Waals surface area contributed by atoms with Crippen molar-refractivity contribution in [1.82, 2.24) is 0 Å². The predicted molar refractivity (Wildman–Crippen MR) is 95.2 cm³/mol. The van der Waals surface area contributed by atoms with Gasteiger partial charge in [0.1, 0.15) is 13.2 Å². The molecule has 0 N–H and O–H groups in total. The van der Waals surface area contributed by atoms with Crippen LogP contribution >= 0.6 is 0 Å². The van der Waals surface area contributed by atoms with Crippen LogP contribution in [0.1, 0.15) is 11.4 Å². The molecule has 152 valence electrons. The maximum absolute atomic E-state index is 5.60. The molecule has 27 heavy (non-hydrogen) atoms. The van der Waals surface area contributed by atoms with Crippen LogP contribution in [0, 0.1) is 13.8 Å². The number of halogens is 2. The summed E-state index contributed by atoms with van der Waals surface area (Å²) >= 11 is 0. The molecule has 0 unspecified atom stereocenters. The van der Waals surface area contributed by atoms with Crippen molar-refractivity contribution in [2.45, 2.75) is 26.9 Å². The monoisotopic (exact) mass is 504 g/mol. The predicted octanol–water partition coefficient (Wildman–Crippen LogP) is -4.36. The Balaban J connectivity index is 0.00000338. The van der Waals surface area contributed by atoms with Crippen LogP contribution in [0.15, 0.2) is 48.8 Å². The maximum Gasteiger partial charge on any atom is 0.178 e. The number of ether oxygens (including phenoxy) is 3. The fourth-order valence-corrected chi connectivity index (χ4v) is 2.49. The number of rotatable bonds is 12. The molecule has 0 aliphatic carbocycles. The van der Waals surface area contributed by atoms with Gasteiger partial charge in [-0.25, -0.2) is 9.13 Å². The number of aromatic nitrogens is 2. The Bertz CT molecular complexity index is 576. The van der Waals surface area contributed by atoms with E-state index >= 15 is 0 Å². The number of hydrogen-bond donors (Lipinski definition) is 0. The first kappa shape index (κ1) is 26.1. The largest absolute Gasteiger partial charge is 1.00 e. The molecular weight excluding hydrogens is 476 g/mol. The van der Waals surface area contributed by atoms with Crippen LogP contribution in [-0.4, -0.2) is 39.6 Å². The van der Waals surface area contributed by atoms with Gasteiger partial charge in [-0.3, -0.25) is 0 Å². The fourth-order valence-electron chi connectivity index (χ4n) is 2.49. The lowest BCUT2D eigenvalue weighted by molar-refractivity contribution is -0.704. The highest BCUT2D eigenvalue weighted by atomic mass is 79.9. The average molecular weight is 506 g/mol. The highest BCUT2D eigenvalue weighted by molar-refractivity contribution is 4.94. The van der Waals surface area contributed by atoms with E-state index in [1.807, 2.05) is 24.3 Å². The van der Waals surface area contributed by atoms with Crippen LogP contribution in [0.4, 0.5) is 0 Å². The Morgan fingerprint density at radius 3 is 1.33 bits per heavy atom. The lowest BCUT2D eigenvalue weighted by Gasteiger charge is -2.06. The third-order valence-electron chi connectivity index (χ3n) is 4.03. The van der Waals surface area contributed by atoms with E-state index in [0.717, 1.165) is 13.1 Å². The molecule has 0 amide bonds. The van der Waals surface area contributed by atoms with Crippen LogP contribution in [0.5, 0.6) is 0 Å². The van der Waals surface area contributed by atoms with Crippen LogP contribution in [-0.2, 0) is 27.3 Å². The molecule has 0 saturated carbocycles. The number of pyridine rings is 2. The maximum atomic E-state index is 5.60. The summed E-state index contributed by atoms with van der Waals surface area (Å²) in [5.41, 5.74) is 2.48. The quantitative estimate of drug-likeness (QED) is 0.216. The molecule has 0 aromatic carbocycles. The van der Waals surface area contributed by atoms with E-state index in [2.05, 4.69) is 47.5 Å². The number of hydrogen-bond acceptors (Lipinski definition) is 3. The zero-order valence-electron chi connectivity index (χ0n) is 16.2. The number of nitrogens with zero attached hydrogens (tertiary/aromatic N) is 2. The van der Waals surface area contributed by atoms with Gasteiger partial charge in [-0.15, -0.1) is 0 Å². The molecular formula is C20H30Br2N2O3.